The van der Waals surface area contributed by atoms with Crippen LogP contribution in [0.1, 0.15) is 32.1 Å². The fourth-order valence-corrected chi connectivity index (χ4v) is 2.68. The summed E-state index contributed by atoms with van der Waals surface area (Å²) in [6.07, 6.45) is 6.78. The van der Waals surface area contributed by atoms with E-state index in [-0.39, 0.29) is 6.03 Å². The summed E-state index contributed by atoms with van der Waals surface area (Å²) in [5.41, 5.74) is 0.519. The SMILES string of the molecule is CNC(=O)N1CC2(CCCCC2)C1. The van der Waals surface area contributed by atoms with E-state index in [0.717, 1.165) is 13.1 Å². The van der Waals surface area contributed by atoms with Gasteiger partial charge in [-0.05, 0) is 12.8 Å². The second-order valence-corrected chi connectivity index (χ2v) is 4.47. The van der Waals surface area contributed by atoms with Crippen LogP contribution in [-0.4, -0.2) is 31.1 Å². The maximum Gasteiger partial charge on any atom is 0.317 e. The Morgan fingerprint density at radius 2 is 1.85 bits per heavy atom. The van der Waals surface area contributed by atoms with Crippen molar-refractivity contribution in [3.05, 3.63) is 0 Å². The minimum atomic E-state index is 0.0937. The number of carbonyl (C=O) groups excluding carboxylic acids is 1. The van der Waals surface area contributed by atoms with Gasteiger partial charge in [-0.1, -0.05) is 19.3 Å². The molecule has 13 heavy (non-hydrogen) atoms. The van der Waals surface area contributed by atoms with Crippen LogP contribution in [0.4, 0.5) is 4.79 Å². The molecule has 1 aliphatic heterocycles. The highest BCUT2D eigenvalue weighted by Crippen LogP contribution is 2.43. The smallest absolute Gasteiger partial charge is 0.317 e. The summed E-state index contributed by atoms with van der Waals surface area (Å²) in [6, 6.07) is 0.0937. The Morgan fingerprint density at radius 3 is 2.38 bits per heavy atom. The van der Waals surface area contributed by atoms with Crippen molar-refractivity contribution in [3.8, 4) is 0 Å². The molecule has 1 saturated carbocycles. The Kier molecular flexibility index (Phi) is 2.18. The lowest BCUT2D eigenvalue weighted by molar-refractivity contribution is 0.00147. The summed E-state index contributed by atoms with van der Waals surface area (Å²) in [5.74, 6) is 0. The first-order chi connectivity index (χ1) is 6.26. The van der Waals surface area contributed by atoms with E-state index < -0.39 is 0 Å². The molecule has 0 bridgehead atoms. The molecule has 3 heteroatoms. The van der Waals surface area contributed by atoms with Crippen LogP contribution in [0, 0.1) is 5.41 Å². The number of hydrogen-bond donors (Lipinski definition) is 1. The summed E-state index contributed by atoms with van der Waals surface area (Å²) in [6.45, 7) is 1.99. The predicted molar refractivity (Wildman–Crippen MR) is 51.5 cm³/mol. The van der Waals surface area contributed by atoms with Gasteiger partial charge in [0.15, 0.2) is 0 Å². The van der Waals surface area contributed by atoms with E-state index in [1.54, 1.807) is 7.05 Å². The number of amides is 2. The summed E-state index contributed by atoms with van der Waals surface area (Å²) < 4.78 is 0. The van der Waals surface area contributed by atoms with Crippen molar-refractivity contribution in [1.82, 2.24) is 10.2 Å². The van der Waals surface area contributed by atoms with Gasteiger partial charge in [-0.2, -0.15) is 0 Å². The minimum absolute atomic E-state index is 0.0937. The number of nitrogens with zero attached hydrogens (tertiary/aromatic N) is 1. The maximum atomic E-state index is 11.2. The number of urea groups is 1. The number of carbonyl (C=O) groups is 1. The molecule has 2 rings (SSSR count). The van der Waals surface area contributed by atoms with Gasteiger partial charge < -0.3 is 10.2 Å². The van der Waals surface area contributed by atoms with Crippen LogP contribution >= 0.6 is 0 Å². The Balaban J connectivity index is 1.85. The molecule has 0 unspecified atom stereocenters. The van der Waals surface area contributed by atoms with Crippen molar-refractivity contribution in [3.63, 3.8) is 0 Å². The van der Waals surface area contributed by atoms with Gasteiger partial charge in [-0.25, -0.2) is 4.79 Å². The highest BCUT2D eigenvalue weighted by Gasteiger charge is 2.44. The molecule has 1 aliphatic carbocycles. The van der Waals surface area contributed by atoms with E-state index in [0.29, 0.717) is 5.41 Å². The maximum absolute atomic E-state index is 11.2. The molecule has 0 aromatic rings. The zero-order valence-electron chi connectivity index (χ0n) is 8.31. The monoisotopic (exact) mass is 182 g/mol. The average Bonchev–Trinajstić information content (AvgIpc) is 2.14. The molecule has 1 N–H and O–H groups in total. The summed E-state index contributed by atoms with van der Waals surface area (Å²) in [5, 5.41) is 2.68. The van der Waals surface area contributed by atoms with E-state index in [9.17, 15) is 4.79 Å². The van der Waals surface area contributed by atoms with Gasteiger partial charge in [-0.3, -0.25) is 0 Å². The molecule has 74 valence electrons. The largest absolute Gasteiger partial charge is 0.341 e. The van der Waals surface area contributed by atoms with Gasteiger partial charge >= 0.3 is 6.03 Å². The number of likely N-dealkylation sites (tertiary alicyclic amines) is 1. The number of hydrogen-bond acceptors (Lipinski definition) is 1. The van der Waals surface area contributed by atoms with Crippen LogP contribution in [-0.2, 0) is 0 Å². The van der Waals surface area contributed by atoms with Gasteiger partial charge in [0.05, 0.1) is 0 Å². The third-order valence-electron chi connectivity index (χ3n) is 3.47. The van der Waals surface area contributed by atoms with Crippen molar-refractivity contribution in [1.29, 1.82) is 0 Å². The normalized spacial score (nSPS) is 25.5. The second kappa shape index (κ2) is 3.20. The third kappa shape index (κ3) is 1.52. The number of rotatable bonds is 0. The van der Waals surface area contributed by atoms with Crippen LogP contribution in [0.25, 0.3) is 0 Å². The van der Waals surface area contributed by atoms with E-state index >= 15 is 0 Å². The molecule has 2 amide bonds. The highest BCUT2D eigenvalue weighted by molar-refractivity contribution is 5.74. The van der Waals surface area contributed by atoms with Gasteiger partial charge in [0.2, 0.25) is 0 Å². The Hall–Kier alpha value is -0.730. The fourth-order valence-electron chi connectivity index (χ4n) is 2.68. The van der Waals surface area contributed by atoms with Crippen LogP contribution in [0.5, 0.6) is 0 Å². The Morgan fingerprint density at radius 1 is 1.23 bits per heavy atom. The molecule has 0 aromatic heterocycles. The molecule has 0 radical (unpaired) electrons. The lowest BCUT2D eigenvalue weighted by Crippen LogP contribution is -2.60. The number of nitrogens with one attached hydrogen (secondary N) is 1. The first-order valence-electron chi connectivity index (χ1n) is 5.22. The summed E-state index contributed by atoms with van der Waals surface area (Å²) in [4.78, 5) is 13.2. The van der Waals surface area contributed by atoms with E-state index in [1.807, 2.05) is 4.90 Å². The first-order valence-corrected chi connectivity index (χ1v) is 5.22. The zero-order valence-corrected chi connectivity index (χ0v) is 8.31. The van der Waals surface area contributed by atoms with Crippen molar-refractivity contribution in [2.24, 2.45) is 5.41 Å². The van der Waals surface area contributed by atoms with Gasteiger partial charge in [0.1, 0.15) is 0 Å². The van der Waals surface area contributed by atoms with Crippen molar-refractivity contribution in [2.75, 3.05) is 20.1 Å². The molecule has 1 saturated heterocycles. The van der Waals surface area contributed by atoms with Gasteiger partial charge in [0, 0.05) is 25.6 Å². The van der Waals surface area contributed by atoms with Crippen molar-refractivity contribution >= 4 is 6.03 Å². The Bertz CT molecular complexity index is 201. The second-order valence-electron chi connectivity index (χ2n) is 4.47. The van der Waals surface area contributed by atoms with Crippen molar-refractivity contribution < 1.29 is 4.79 Å². The van der Waals surface area contributed by atoms with Crippen LogP contribution in [0.2, 0.25) is 0 Å². The lowest BCUT2D eigenvalue weighted by Gasteiger charge is -2.52. The summed E-state index contributed by atoms with van der Waals surface area (Å²) in [7, 11) is 1.70. The van der Waals surface area contributed by atoms with Gasteiger partial charge in [-0.15, -0.1) is 0 Å². The van der Waals surface area contributed by atoms with Crippen LogP contribution in [0.15, 0.2) is 0 Å². The lowest BCUT2D eigenvalue weighted by atomic mass is 9.69. The zero-order chi connectivity index (χ0) is 9.31. The van der Waals surface area contributed by atoms with Crippen LogP contribution < -0.4 is 5.32 Å². The molecule has 2 fully saturated rings. The molecule has 0 atom stereocenters. The van der Waals surface area contributed by atoms with Crippen molar-refractivity contribution in [2.45, 2.75) is 32.1 Å². The molecular weight excluding hydrogens is 164 g/mol. The molecule has 1 heterocycles. The minimum Gasteiger partial charge on any atom is -0.341 e. The molecule has 2 aliphatic rings. The Labute approximate surface area is 79.5 Å². The summed E-state index contributed by atoms with van der Waals surface area (Å²) >= 11 is 0. The first kappa shape index (κ1) is 8.85. The van der Waals surface area contributed by atoms with E-state index in [4.69, 9.17) is 0 Å². The molecule has 0 aromatic carbocycles. The molecule has 1 spiro atoms. The van der Waals surface area contributed by atoms with Gasteiger partial charge in [0.25, 0.3) is 0 Å². The standard InChI is InChI=1S/C10H18N2O/c1-11-9(13)12-7-10(8-12)5-3-2-4-6-10/h2-8H2,1H3,(H,11,13). The molecule has 3 nitrogen and oxygen atoms in total. The molecular formula is C10H18N2O. The third-order valence-corrected chi connectivity index (χ3v) is 3.47. The predicted octanol–water partition coefficient (Wildman–Crippen LogP) is 1.59. The van der Waals surface area contributed by atoms with E-state index in [1.165, 1.54) is 32.1 Å². The topological polar surface area (TPSA) is 32.3 Å². The quantitative estimate of drug-likeness (QED) is 0.606. The highest BCUT2D eigenvalue weighted by atomic mass is 16.2. The van der Waals surface area contributed by atoms with Crippen LogP contribution in [0.3, 0.4) is 0 Å². The average molecular weight is 182 g/mol. The van der Waals surface area contributed by atoms with E-state index in [2.05, 4.69) is 5.32 Å². The fraction of sp³-hybridized carbons (Fsp3) is 0.900.